The number of nitriles is 1. The molecule has 2 rings (SSSR count). The van der Waals surface area contributed by atoms with Crippen LogP contribution in [0.25, 0.3) is 0 Å². The molecule has 3 nitrogen and oxygen atoms in total. The lowest BCUT2D eigenvalue weighted by atomic mass is 10.0. The number of nitrogens with zero attached hydrogens (tertiary/aromatic N) is 3. The van der Waals surface area contributed by atoms with Crippen LogP contribution in [0.15, 0.2) is 0 Å². The molecule has 0 amide bonds. The summed E-state index contributed by atoms with van der Waals surface area (Å²) in [6.45, 7) is 9.24. The van der Waals surface area contributed by atoms with Crippen molar-refractivity contribution >= 4 is 0 Å². The Balaban J connectivity index is 1.87. The highest BCUT2D eigenvalue weighted by Gasteiger charge is 2.31. The Morgan fingerprint density at radius 2 is 2.12 bits per heavy atom. The van der Waals surface area contributed by atoms with Gasteiger partial charge in [0.25, 0.3) is 0 Å². The van der Waals surface area contributed by atoms with E-state index < -0.39 is 0 Å². The maximum Gasteiger partial charge on any atom is 0.0669 e. The minimum absolute atomic E-state index is 0.286. The second kappa shape index (κ2) is 5.84. The van der Waals surface area contributed by atoms with Gasteiger partial charge in [-0.25, -0.2) is 0 Å². The molecule has 2 aliphatic rings. The molecule has 0 saturated carbocycles. The van der Waals surface area contributed by atoms with Crippen LogP contribution in [0.4, 0.5) is 0 Å². The van der Waals surface area contributed by atoms with E-state index in [1.807, 2.05) is 0 Å². The average molecular weight is 235 g/mol. The van der Waals surface area contributed by atoms with Crippen molar-refractivity contribution in [2.24, 2.45) is 5.92 Å². The molecule has 0 aliphatic carbocycles. The predicted molar refractivity (Wildman–Crippen MR) is 69.6 cm³/mol. The van der Waals surface area contributed by atoms with Crippen LogP contribution in [-0.4, -0.2) is 48.1 Å². The fraction of sp³-hybridized carbons (Fsp3) is 0.929. The minimum atomic E-state index is 0.286. The van der Waals surface area contributed by atoms with Crippen LogP contribution in [0.5, 0.6) is 0 Å². The SMILES string of the molecule is CCC(C)N1CCCC(N2CCC(C#N)C2)C1. The summed E-state index contributed by atoms with van der Waals surface area (Å²) in [5, 5.41) is 8.97. The van der Waals surface area contributed by atoms with E-state index in [2.05, 4.69) is 29.7 Å². The molecular weight excluding hydrogens is 210 g/mol. The Hall–Kier alpha value is -0.590. The van der Waals surface area contributed by atoms with E-state index in [0.29, 0.717) is 12.1 Å². The Bertz CT molecular complexity index is 284. The lowest BCUT2D eigenvalue weighted by Gasteiger charge is -2.40. The number of piperidine rings is 1. The van der Waals surface area contributed by atoms with Gasteiger partial charge in [0.2, 0.25) is 0 Å². The molecule has 0 bridgehead atoms. The van der Waals surface area contributed by atoms with Crippen molar-refractivity contribution in [3.8, 4) is 6.07 Å². The molecular formula is C14H25N3. The van der Waals surface area contributed by atoms with Crippen LogP contribution < -0.4 is 0 Å². The molecule has 0 radical (unpaired) electrons. The van der Waals surface area contributed by atoms with Gasteiger partial charge in [0.1, 0.15) is 0 Å². The third-order valence-electron chi connectivity index (χ3n) is 4.56. The number of hydrogen-bond donors (Lipinski definition) is 0. The van der Waals surface area contributed by atoms with Crippen molar-refractivity contribution in [2.45, 2.75) is 51.6 Å². The maximum absolute atomic E-state index is 8.97. The van der Waals surface area contributed by atoms with E-state index in [0.717, 1.165) is 19.5 Å². The molecule has 3 unspecified atom stereocenters. The van der Waals surface area contributed by atoms with Crippen molar-refractivity contribution in [3.05, 3.63) is 0 Å². The van der Waals surface area contributed by atoms with Crippen LogP contribution in [-0.2, 0) is 0 Å². The summed E-state index contributed by atoms with van der Waals surface area (Å²) in [6, 6.07) is 3.84. The second-order valence-corrected chi connectivity index (χ2v) is 5.66. The highest BCUT2D eigenvalue weighted by Crippen LogP contribution is 2.24. The van der Waals surface area contributed by atoms with Crippen LogP contribution in [0.3, 0.4) is 0 Å². The van der Waals surface area contributed by atoms with Gasteiger partial charge in [-0.05, 0) is 45.7 Å². The smallest absolute Gasteiger partial charge is 0.0669 e. The minimum Gasteiger partial charge on any atom is -0.299 e. The molecule has 0 aromatic heterocycles. The molecule has 2 saturated heterocycles. The molecule has 2 aliphatic heterocycles. The maximum atomic E-state index is 8.97. The fourth-order valence-electron chi connectivity index (χ4n) is 3.16. The summed E-state index contributed by atoms with van der Waals surface area (Å²) in [6.07, 6.45) is 4.97. The van der Waals surface area contributed by atoms with Gasteiger partial charge in [-0.2, -0.15) is 5.26 Å². The first kappa shape index (κ1) is 12.9. The zero-order valence-corrected chi connectivity index (χ0v) is 11.2. The lowest BCUT2D eigenvalue weighted by molar-refractivity contribution is 0.0864. The number of likely N-dealkylation sites (tertiary alicyclic amines) is 2. The number of hydrogen-bond acceptors (Lipinski definition) is 3. The Labute approximate surface area is 105 Å². The van der Waals surface area contributed by atoms with Gasteiger partial charge in [-0.3, -0.25) is 9.80 Å². The monoisotopic (exact) mass is 235 g/mol. The summed E-state index contributed by atoms with van der Waals surface area (Å²) in [4.78, 5) is 5.19. The fourth-order valence-corrected chi connectivity index (χ4v) is 3.16. The standard InChI is InChI=1S/C14H25N3/c1-3-12(2)16-7-4-5-14(11-16)17-8-6-13(9-15)10-17/h12-14H,3-8,10-11H2,1-2H3. The zero-order chi connectivity index (χ0) is 12.3. The number of rotatable bonds is 3. The van der Waals surface area contributed by atoms with Crippen molar-refractivity contribution in [1.82, 2.24) is 9.80 Å². The highest BCUT2D eigenvalue weighted by molar-refractivity contribution is 4.94. The molecule has 2 fully saturated rings. The van der Waals surface area contributed by atoms with Crippen LogP contribution in [0.2, 0.25) is 0 Å². The third-order valence-corrected chi connectivity index (χ3v) is 4.56. The third kappa shape index (κ3) is 3.00. The van der Waals surface area contributed by atoms with E-state index >= 15 is 0 Å². The normalized spacial score (nSPS) is 33.5. The summed E-state index contributed by atoms with van der Waals surface area (Å²) >= 11 is 0. The van der Waals surface area contributed by atoms with Crippen molar-refractivity contribution in [2.75, 3.05) is 26.2 Å². The average Bonchev–Trinajstić information content (AvgIpc) is 2.86. The molecule has 17 heavy (non-hydrogen) atoms. The topological polar surface area (TPSA) is 30.3 Å². The second-order valence-electron chi connectivity index (χ2n) is 5.66. The molecule has 0 spiro atoms. The molecule has 0 aromatic carbocycles. The van der Waals surface area contributed by atoms with Gasteiger partial charge in [-0.15, -0.1) is 0 Å². The Morgan fingerprint density at radius 3 is 2.76 bits per heavy atom. The zero-order valence-electron chi connectivity index (χ0n) is 11.2. The van der Waals surface area contributed by atoms with E-state index in [9.17, 15) is 0 Å². The van der Waals surface area contributed by atoms with Crippen LogP contribution in [0.1, 0.15) is 39.5 Å². The van der Waals surface area contributed by atoms with E-state index in [-0.39, 0.29) is 5.92 Å². The van der Waals surface area contributed by atoms with Gasteiger partial charge in [-0.1, -0.05) is 6.92 Å². The summed E-state index contributed by atoms with van der Waals surface area (Å²) in [5.74, 6) is 0.286. The molecule has 96 valence electrons. The Morgan fingerprint density at radius 1 is 1.29 bits per heavy atom. The van der Waals surface area contributed by atoms with Crippen LogP contribution in [0, 0.1) is 17.2 Å². The highest BCUT2D eigenvalue weighted by atomic mass is 15.3. The van der Waals surface area contributed by atoms with Crippen molar-refractivity contribution in [3.63, 3.8) is 0 Å². The van der Waals surface area contributed by atoms with E-state index in [1.165, 1.54) is 32.4 Å². The summed E-state index contributed by atoms with van der Waals surface area (Å²) in [5.41, 5.74) is 0. The van der Waals surface area contributed by atoms with E-state index in [1.54, 1.807) is 0 Å². The van der Waals surface area contributed by atoms with Gasteiger partial charge in [0.05, 0.1) is 12.0 Å². The first-order chi connectivity index (χ1) is 8.24. The molecule has 3 heteroatoms. The quantitative estimate of drug-likeness (QED) is 0.750. The molecule has 0 N–H and O–H groups in total. The van der Waals surface area contributed by atoms with Crippen molar-refractivity contribution < 1.29 is 0 Å². The summed E-state index contributed by atoms with van der Waals surface area (Å²) in [7, 11) is 0. The van der Waals surface area contributed by atoms with Gasteiger partial charge in [0.15, 0.2) is 0 Å². The lowest BCUT2D eigenvalue weighted by Crippen LogP contribution is -2.49. The first-order valence-corrected chi connectivity index (χ1v) is 7.12. The molecule has 3 atom stereocenters. The first-order valence-electron chi connectivity index (χ1n) is 7.12. The van der Waals surface area contributed by atoms with Gasteiger partial charge >= 0.3 is 0 Å². The molecule has 2 heterocycles. The van der Waals surface area contributed by atoms with Crippen LogP contribution >= 0.6 is 0 Å². The summed E-state index contributed by atoms with van der Waals surface area (Å²) < 4.78 is 0. The van der Waals surface area contributed by atoms with Gasteiger partial charge < -0.3 is 0 Å². The Kier molecular flexibility index (Phi) is 4.42. The van der Waals surface area contributed by atoms with E-state index in [4.69, 9.17) is 5.26 Å². The largest absolute Gasteiger partial charge is 0.299 e. The van der Waals surface area contributed by atoms with Crippen molar-refractivity contribution in [1.29, 1.82) is 5.26 Å². The van der Waals surface area contributed by atoms with Gasteiger partial charge in [0, 0.05) is 25.2 Å². The predicted octanol–water partition coefficient (Wildman–Crippen LogP) is 2.09. The molecule has 0 aromatic rings.